The average molecular weight is 184 g/mol. The van der Waals surface area contributed by atoms with Crippen LogP contribution in [0.5, 0.6) is 0 Å². The van der Waals surface area contributed by atoms with Crippen LogP contribution in [0.3, 0.4) is 0 Å². The van der Waals surface area contributed by atoms with Crippen LogP contribution in [0.2, 0.25) is 5.02 Å². The molecule has 0 fully saturated rings. The highest BCUT2D eigenvalue weighted by Crippen LogP contribution is 2.19. The van der Waals surface area contributed by atoms with Crippen LogP contribution < -0.4 is 0 Å². The Morgan fingerprint density at radius 3 is 3.00 bits per heavy atom. The molecule has 0 aliphatic rings. The van der Waals surface area contributed by atoms with Crippen LogP contribution >= 0.6 is 11.6 Å². The summed E-state index contributed by atoms with van der Waals surface area (Å²) in [6.07, 6.45) is 1.53. The maximum absolute atomic E-state index is 9.36. The fraction of sp³-hybridized carbons (Fsp3) is 0.143. The van der Waals surface area contributed by atoms with Gasteiger partial charge in [0.2, 0.25) is 0 Å². The van der Waals surface area contributed by atoms with E-state index < -0.39 is 0 Å². The molecular weight excluding hydrogens is 178 g/mol. The summed E-state index contributed by atoms with van der Waals surface area (Å²) in [5.74, 6) is 0.477. The topological polar surface area (TPSA) is 50.9 Å². The van der Waals surface area contributed by atoms with E-state index in [0.717, 1.165) is 4.73 Å². The molecule has 1 N–H and O–H groups in total. The summed E-state index contributed by atoms with van der Waals surface area (Å²) in [4.78, 5) is 7.96. The zero-order valence-corrected chi connectivity index (χ0v) is 7.08. The Morgan fingerprint density at radius 1 is 1.58 bits per heavy atom. The molecule has 62 valence electrons. The number of aryl methyl sites for hydroxylation is 1. The maximum atomic E-state index is 9.36. The van der Waals surface area contributed by atoms with E-state index in [9.17, 15) is 5.21 Å². The number of hydrogen-bond donors (Lipinski definition) is 1. The molecule has 0 aromatic carbocycles. The van der Waals surface area contributed by atoms with Gasteiger partial charge in [-0.05, 0) is 13.0 Å². The van der Waals surface area contributed by atoms with Gasteiger partial charge < -0.3 is 5.21 Å². The molecule has 12 heavy (non-hydrogen) atoms. The highest BCUT2D eigenvalue weighted by atomic mass is 35.5. The van der Waals surface area contributed by atoms with E-state index >= 15 is 0 Å². The quantitative estimate of drug-likeness (QED) is 0.632. The van der Waals surface area contributed by atoms with Crippen molar-refractivity contribution >= 4 is 22.8 Å². The third-order valence-corrected chi connectivity index (χ3v) is 1.94. The van der Waals surface area contributed by atoms with Crippen LogP contribution in [0.4, 0.5) is 0 Å². The first-order valence-electron chi connectivity index (χ1n) is 3.39. The van der Waals surface area contributed by atoms with Crippen molar-refractivity contribution in [2.75, 3.05) is 0 Å². The standard InChI is InChI=1S/C7H6ClN3O/c1-4-10-6-5(8)2-3-9-7(6)11(4)12/h2-3,12H,1H3. The highest BCUT2D eigenvalue weighted by molar-refractivity contribution is 6.34. The average Bonchev–Trinajstić information content (AvgIpc) is 2.32. The smallest absolute Gasteiger partial charge is 0.197 e. The summed E-state index contributed by atoms with van der Waals surface area (Å²) >= 11 is 5.82. The van der Waals surface area contributed by atoms with Crippen molar-refractivity contribution in [2.45, 2.75) is 6.92 Å². The second-order valence-electron chi connectivity index (χ2n) is 2.44. The van der Waals surface area contributed by atoms with Crippen molar-refractivity contribution in [1.29, 1.82) is 0 Å². The molecule has 0 amide bonds. The van der Waals surface area contributed by atoms with E-state index in [-0.39, 0.29) is 0 Å². The molecule has 4 nitrogen and oxygen atoms in total. The lowest BCUT2D eigenvalue weighted by atomic mass is 10.4. The van der Waals surface area contributed by atoms with Gasteiger partial charge in [-0.2, -0.15) is 4.73 Å². The second-order valence-corrected chi connectivity index (χ2v) is 2.84. The molecule has 0 bridgehead atoms. The number of nitrogens with zero attached hydrogens (tertiary/aromatic N) is 3. The molecular formula is C7H6ClN3O. The molecule has 2 aromatic heterocycles. The van der Waals surface area contributed by atoms with Crippen molar-refractivity contribution in [1.82, 2.24) is 14.7 Å². The Balaban J connectivity index is 2.95. The predicted octanol–water partition coefficient (Wildman–Crippen LogP) is 1.63. The Morgan fingerprint density at radius 2 is 2.33 bits per heavy atom. The Bertz CT molecular complexity index is 437. The van der Waals surface area contributed by atoms with Gasteiger partial charge in [0.05, 0.1) is 5.02 Å². The number of fused-ring (bicyclic) bond motifs is 1. The molecule has 0 unspecified atom stereocenters. The lowest BCUT2D eigenvalue weighted by Gasteiger charge is -1.92. The van der Waals surface area contributed by atoms with Gasteiger partial charge in [0, 0.05) is 6.20 Å². The molecule has 0 saturated carbocycles. The molecule has 0 aliphatic carbocycles. The molecule has 0 atom stereocenters. The van der Waals surface area contributed by atoms with Crippen LogP contribution in [0.15, 0.2) is 12.3 Å². The van der Waals surface area contributed by atoms with Gasteiger partial charge >= 0.3 is 0 Å². The molecule has 5 heteroatoms. The van der Waals surface area contributed by atoms with Crippen molar-refractivity contribution in [3.05, 3.63) is 23.1 Å². The Labute approximate surface area is 73.4 Å². The van der Waals surface area contributed by atoms with E-state index in [1.807, 2.05) is 0 Å². The van der Waals surface area contributed by atoms with E-state index in [0.29, 0.717) is 22.0 Å². The van der Waals surface area contributed by atoms with Crippen molar-refractivity contribution in [3.8, 4) is 0 Å². The predicted molar refractivity (Wildman–Crippen MR) is 44.5 cm³/mol. The van der Waals surface area contributed by atoms with Gasteiger partial charge in [0.25, 0.3) is 0 Å². The zero-order valence-electron chi connectivity index (χ0n) is 6.32. The number of rotatable bonds is 0. The van der Waals surface area contributed by atoms with Gasteiger partial charge in [0.15, 0.2) is 5.65 Å². The molecule has 2 rings (SSSR count). The summed E-state index contributed by atoms with van der Waals surface area (Å²) in [7, 11) is 0. The maximum Gasteiger partial charge on any atom is 0.197 e. The number of aromatic nitrogens is 3. The van der Waals surface area contributed by atoms with Gasteiger partial charge in [-0.15, -0.1) is 0 Å². The first-order chi connectivity index (χ1) is 5.70. The SMILES string of the molecule is Cc1nc2c(Cl)ccnc2n1O. The zero-order chi connectivity index (χ0) is 8.72. The molecule has 0 radical (unpaired) electrons. The fourth-order valence-corrected chi connectivity index (χ4v) is 1.22. The minimum Gasteiger partial charge on any atom is -0.425 e. The number of hydrogen-bond acceptors (Lipinski definition) is 3. The van der Waals surface area contributed by atoms with Gasteiger partial charge in [0.1, 0.15) is 11.3 Å². The summed E-state index contributed by atoms with van der Waals surface area (Å²) in [6, 6.07) is 1.64. The highest BCUT2D eigenvalue weighted by Gasteiger charge is 2.09. The first-order valence-corrected chi connectivity index (χ1v) is 3.77. The molecule has 2 aromatic rings. The minimum atomic E-state index is 0.389. The minimum absolute atomic E-state index is 0.389. The molecule has 2 heterocycles. The third-order valence-electron chi connectivity index (χ3n) is 1.64. The van der Waals surface area contributed by atoms with E-state index in [1.54, 1.807) is 13.0 Å². The van der Waals surface area contributed by atoms with Crippen molar-refractivity contribution < 1.29 is 5.21 Å². The van der Waals surface area contributed by atoms with E-state index in [4.69, 9.17) is 11.6 Å². The van der Waals surface area contributed by atoms with Gasteiger partial charge in [-0.1, -0.05) is 11.6 Å². The van der Waals surface area contributed by atoms with Crippen LogP contribution in [0, 0.1) is 6.92 Å². The summed E-state index contributed by atoms with van der Waals surface area (Å²) in [5, 5.41) is 9.85. The van der Waals surface area contributed by atoms with Crippen LogP contribution in [-0.4, -0.2) is 19.9 Å². The Hall–Kier alpha value is -1.29. The van der Waals surface area contributed by atoms with E-state index in [1.165, 1.54) is 6.20 Å². The third kappa shape index (κ3) is 0.848. The molecule has 0 saturated heterocycles. The van der Waals surface area contributed by atoms with Crippen LogP contribution in [-0.2, 0) is 0 Å². The lowest BCUT2D eigenvalue weighted by molar-refractivity contribution is 0.189. The largest absolute Gasteiger partial charge is 0.425 e. The lowest BCUT2D eigenvalue weighted by Crippen LogP contribution is -1.93. The van der Waals surface area contributed by atoms with Crippen molar-refractivity contribution in [3.63, 3.8) is 0 Å². The summed E-state index contributed by atoms with van der Waals surface area (Å²) < 4.78 is 0.918. The molecule has 0 aliphatic heterocycles. The number of pyridine rings is 1. The first kappa shape index (κ1) is 7.36. The normalized spacial score (nSPS) is 10.8. The van der Waals surface area contributed by atoms with E-state index in [2.05, 4.69) is 9.97 Å². The Kier molecular flexibility index (Phi) is 1.44. The number of halogens is 1. The summed E-state index contributed by atoms with van der Waals surface area (Å²) in [5.41, 5.74) is 0.916. The van der Waals surface area contributed by atoms with Crippen LogP contribution in [0.1, 0.15) is 5.82 Å². The summed E-state index contributed by atoms with van der Waals surface area (Å²) in [6.45, 7) is 1.68. The second kappa shape index (κ2) is 2.35. The van der Waals surface area contributed by atoms with Crippen LogP contribution in [0.25, 0.3) is 11.2 Å². The molecule has 0 spiro atoms. The number of imidazole rings is 1. The fourth-order valence-electron chi connectivity index (χ4n) is 1.04. The van der Waals surface area contributed by atoms with Gasteiger partial charge in [-0.3, -0.25) is 0 Å². The van der Waals surface area contributed by atoms with Crippen molar-refractivity contribution in [2.24, 2.45) is 0 Å². The van der Waals surface area contributed by atoms with Gasteiger partial charge in [-0.25, -0.2) is 9.97 Å². The monoisotopic (exact) mass is 183 g/mol.